The summed E-state index contributed by atoms with van der Waals surface area (Å²) >= 11 is 6.16. The van der Waals surface area contributed by atoms with Crippen molar-refractivity contribution < 1.29 is 53.0 Å². The van der Waals surface area contributed by atoms with Crippen LogP contribution in [0, 0.1) is 11.8 Å². The highest BCUT2D eigenvalue weighted by Gasteiger charge is 2.53. The quantitative estimate of drug-likeness (QED) is 0.251. The summed E-state index contributed by atoms with van der Waals surface area (Å²) in [6.07, 6.45) is 0. The Morgan fingerprint density at radius 1 is 0.953 bits per heavy atom. The summed E-state index contributed by atoms with van der Waals surface area (Å²) in [5, 5.41) is 23.7. The van der Waals surface area contributed by atoms with Crippen LogP contribution in [0.2, 0.25) is 5.02 Å². The summed E-state index contributed by atoms with van der Waals surface area (Å²) in [7, 11) is 4.26. The average Bonchev–Trinajstić information content (AvgIpc) is 3.63. The summed E-state index contributed by atoms with van der Waals surface area (Å²) < 4.78 is 38.2. The number of halogens is 1. The largest absolute Gasteiger partial charge is 0.506 e. The minimum Gasteiger partial charge on any atom is -0.506 e. The Balaban J connectivity index is 1.49. The number of benzene rings is 3. The summed E-state index contributed by atoms with van der Waals surface area (Å²) in [6, 6.07) is 8.69. The normalized spacial score (nSPS) is 21.4. The topological polar surface area (TPSA) is 151 Å². The zero-order valence-corrected chi connectivity index (χ0v) is 24.1. The van der Waals surface area contributed by atoms with E-state index in [0.717, 1.165) is 0 Å². The van der Waals surface area contributed by atoms with Crippen LogP contribution in [0.3, 0.4) is 0 Å². The second-order valence-corrected chi connectivity index (χ2v) is 10.6. The fraction of sp³-hybridized carbons (Fsp3) is 0.333. The molecule has 226 valence electrons. The highest BCUT2D eigenvalue weighted by Crippen LogP contribution is 2.55. The SMILES string of the molecule is COCOc1cc(O)c(Cl)cc1C(=O)N[C@@H]1c2cc3c(cc2[C@@H](c2cc(OC)c(O)c(OC)c2)[C@H]2C(=O)OC[C@@H]21)OCO3. The van der Waals surface area contributed by atoms with Gasteiger partial charge in [0, 0.05) is 25.0 Å². The molecule has 0 radical (unpaired) electrons. The van der Waals surface area contributed by atoms with E-state index in [1.54, 1.807) is 24.3 Å². The molecule has 43 heavy (non-hydrogen) atoms. The van der Waals surface area contributed by atoms with Crippen LogP contribution in [-0.2, 0) is 14.3 Å². The van der Waals surface area contributed by atoms with Crippen LogP contribution >= 0.6 is 11.6 Å². The molecule has 4 atom stereocenters. The van der Waals surface area contributed by atoms with Crippen molar-refractivity contribution in [2.24, 2.45) is 11.8 Å². The zero-order chi connectivity index (χ0) is 30.4. The second-order valence-electron chi connectivity index (χ2n) is 10.2. The number of phenols is 2. The molecule has 1 amide bonds. The Bertz CT molecular complexity index is 1580. The number of carbonyl (C=O) groups excluding carboxylic acids is 2. The molecule has 0 aromatic heterocycles. The molecule has 6 rings (SSSR count). The Hall–Kier alpha value is -4.55. The highest BCUT2D eigenvalue weighted by molar-refractivity contribution is 6.32. The van der Waals surface area contributed by atoms with Gasteiger partial charge in [-0.3, -0.25) is 9.59 Å². The number of hydrogen-bond acceptors (Lipinski definition) is 11. The number of amides is 1. The van der Waals surface area contributed by atoms with Gasteiger partial charge in [0.2, 0.25) is 12.5 Å². The lowest BCUT2D eigenvalue weighted by molar-refractivity contribution is -0.141. The maximum Gasteiger partial charge on any atom is 0.310 e. The van der Waals surface area contributed by atoms with Crippen LogP contribution in [0.25, 0.3) is 0 Å². The van der Waals surface area contributed by atoms with E-state index in [1.807, 2.05) is 0 Å². The van der Waals surface area contributed by atoms with Gasteiger partial charge in [0.1, 0.15) is 11.5 Å². The first kappa shape index (κ1) is 28.6. The third-order valence-corrected chi connectivity index (χ3v) is 8.26. The number of carbonyl (C=O) groups is 2. The smallest absolute Gasteiger partial charge is 0.310 e. The van der Waals surface area contributed by atoms with Gasteiger partial charge in [-0.05, 0) is 47.0 Å². The second kappa shape index (κ2) is 11.3. The minimum absolute atomic E-state index is 0.0158. The predicted molar refractivity (Wildman–Crippen MR) is 149 cm³/mol. The minimum atomic E-state index is -0.732. The first-order valence-electron chi connectivity index (χ1n) is 13.3. The maximum atomic E-state index is 13.8. The number of esters is 1. The van der Waals surface area contributed by atoms with E-state index >= 15 is 0 Å². The van der Waals surface area contributed by atoms with Crippen molar-refractivity contribution >= 4 is 23.5 Å². The number of cyclic esters (lactones) is 1. The molecule has 0 unspecified atom stereocenters. The van der Waals surface area contributed by atoms with E-state index < -0.39 is 35.7 Å². The van der Waals surface area contributed by atoms with Crippen LogP contribution in [0.5, 0.6) is 40.2 Å². The molecule has 0 saturated carbocycles. The molecular weight excluding hydrogens is 586 g/mol. The molecule has 3 aromatic rings. The third kappa shape index (κ3) is 4.86. The molecule has 0 bridgehead atoms. The van der Waals surface area contributed by atoms with Crippen molar-refractivity contribution in [1.29, 1.82) is 0 Å². The van der Waals surface area contributed by atoms with Gasteiger partial charge < -0.3 is 48.7 Å². The molecule has 12 nitrogen and oxygen atoms in total. The molecule has 0 spiro atoms. The highest BCUT2D eigenvalue weighted by atomic mass is 35.5. The fourth-order valence-electron chi connectivity index (χ4n) is 6.02. The van der Waals surface area contributed by atoms with Gasteiger partial charge in [0.15, 0.2) is 29.8 Å². The maximum absolute atomic E-state index is 13.8. The molecule has 1 aliphatic carbocycles. The molecule has 3 N–H and O–H groups in total. The van der Waals surface area contributed by atoms with Crippen molar-refractivity contribution in [2.45, 2.75) is 12.0 Å². The van der Waals surface area contributed by atoms with Gasteiger partial charge in [-0.2, -0.15) is 0 Å². The van der Waals surface area contributed by atoms with Gasteiger partial charge in [0.05, 0.1) is 43.4 Å². The Labute approximate surface area is 250 Å². The van der Waals surface area contributed by atoms with E-state index in [0.29, 0.717) is 28.2 Å². The monoisotopic (exact) mass is 613 g/mol. The predicted octanol–water partition coefficient (Wildman–Crippen LogP) is 3.89. The van der Waals surface area contributed by atoms with Crippen molar-refractivity contribution in [3.63, 3.8) is 0 Å². The van der Waals surface area contributed by atoms with E-state index in [9.17, 15) is 19.8 Å². The number of ether oxygens (including phenoxy) is 7. The lowest BCUT2D eigenvalue weighted by Gasteiger charge is -2.39. The average molecular weight is 614 g/mol. The molecule has 3 aromatic carbocycles. The Kier molecular flexibility index (Phi) is 7.49. The number of phenolic OH excluding ortho intramolecular Hbond substituents is 2. The van der Waals surface area contributed by atoms with Crippen molar-refractivity contribution in [1.82, 2.24) is 5.32 Å². The number of hydrogen-bond donors (Lipinski definition) is 3. The van der Waals surface area contributed by atoms with Gasteiger partial charge in [-0.25, -0.2) is 0 Å². The number of aromatic hydroxyl groups is 2. The number of rotatable bonds is 8. The van der Waals surface area contributed by atoms with Gasteiger partial charge >= 0.3 is 5.97 Å². The van der Waals surface area contributed by atoms with Gasteiger partial charge in [0.25, 0.3) is 5.91 Å². The summed E-state index contributed by atoms with van der Waals surface area (Å²) in [5.41, 5.74) is 2.05. The van der Waals surface area contributed by atoms with Crippen LogP contribution in [-0.4, -0.2) is 63.6 Å². The Morgan fingerprint density at radius 3 is 2.28 bits per heavy atom. The van der Waals surface area contributed by atoms with Crippen molar-refractivity contribution in [2.75, 3.05) is 41.5 Å². The number of fused-ring (bicyclic) bond motifs is 3. The summed E-state index contributed by atoms with van der Waals surface area (Å²) in [4.78, 5) is 27.2. The summed E-state index contributed by atoms with van der Waals surface area (Å²) in [5.74, 6) is -1.90. The third-order valence-electron chi connectivity index (χ3n) is 7.96. The molecular formula is C30H28ClNO11. The van der Waals surface area contributed by atoms with E-state index in [1.165, 1.54) is 33.5 Å². The lowest BCUT2D eigenvalue weighted by Crippen LogP contribution is -2.43. The molecule has 1 fully saturated rings. The molecule has 1 saturated heterocycles. The zero-order valence-electron chi connectivity index (χ0n) is 23.3. The van der Waals surface area contributed by atoms with E-state index in [2.05, 4.69) is 5.32 Å². The van der Waals surface area contributed by atoms with Crippen LogP contribution in [0.1, 0.15) is 39.0 Å². The molecule has 2 heterocycles. The van der Waals surface area contributed by atoms with Gasteiger partial charge in [-0.1, -0.05) is 11.6 Å². The van der Waals surface area contributed by atoms with Crippen LogP contribution in [0.15, 0.2) is 36.4 Å². The van der Waals surface area contributed by atoms with Crippen LogP contribution in [0.4, 0.5) is 0 Å². The number of nitrogens with one attached hydrogen (secondary N) is 1. The Morgan fingerprint density at radius 2 is 1.63 bits per heavy atom. The van der Waals surface area contributed by atoms with Crippen molar-refractivity contribution in [3.8, 4) is 40.2 Å². The summed E-state index contributed by atoms with van der Waals surface area (Å²) in [6.45, 7) is -0.123. The van der Waals surface area contributed by atoms with E-state index in [4.69, 9.17) is 44.8 Å². The molecule has 3 aliphatic rings. The first-order chi connectivity index (χ1) is 20.7. The first-order valence-corrected chi connectivity index (χ1v) is 13.6. The standard InChI is InChI=1S/C30H28ClNO11/c1-37-11-41-20-9-19(33)18(31)6-16(20)29(35)32-27-15-8-22-21(42-12-43-22)7-14(15)25(26-17(27)10-40-30(26)36)13-4-23(38-2)28(34)24(5-13)39-3/h4-9,17,25-27,33-34H,10-12H2,1-3H3,(H,32,35)/t17-,25+,26-,27+/m0/s1. The van der Waals surface area contributed by atoms with Crippen LogP contribution < -0.4 is 29.0 Å². The van der Waals surface area contributed by atoms with Crippen molar-refractivity contribution in [3.05, 3.63) is 63.7 Å². The molecule has 13 heteroatoms. The fourth-order valence-corrected chi connectivity index (χ4v) is 6.19. The molecule has 2 aliphatic heterocycles. The van der Waals surface area contributed by atoms with E-state index in [-0.39, 0.29) is 59.5 Å². The lowest BCUT2D eigenvalue weighted by atomic mass is 9.65. The number of methoxy groups -OCH3 is 3. The van der Waals surface area contributed by atoms with Gasteiger partial charge in [-0.15, -0.1) is 0 Å².